The molecule has 2 aromatic carbocycles. The third-order valence-electron chi connectivity index (χ3n) is 4.45. The van der Waals surface area contributed by atoms with Crippen LogP contribution in [0.25, 0.3) is 0 Å². The van der Waals surface area contributed by atoms with Crippen LogP contribution in [-0.4, -0.2) is 24.1 Å². The molecule has 1 atom stereocenters. The van der Waals surface area contributed by atoms with Crippen LogP contribution in [-0.2, 0) is 11.2 Å². The van der Waals surface area contributed by atoms with Crippen molar-refractivity contribution in [1.82, 2.24) is 4.98 Å². The molecule has 0 bridgehead atoms. The number of carbonyl (C=O) groups is 1. The average Bonchev–Trinajstić information content (AvgIpc) is 2.71. The number of ether oxygens (including phenoxy) is 2. The molecule has 1 unspecified atom stereocenters. The molecule has 0 aliphatic heterocycles. The second-order valence-electron chi connectivity index (χ2n) is 6.72. The Hall–Kier alpha value is -2.70. The largest absolute Gasteiger partial charge is 0.457 e. The fourth-order valence-corrected chi connectivity index (χ4v) is 3.05. The quantitative estimate of drug-likeness (QED) is 0.491. The molecular weight excluding hydrogens is 432 g/mol. The number of benzene rings is 2. The first kappa shape index (κ1) is 21.0. The zero-order chi connectivity index (χ0) is 20.8. The zero-order valence-corrected chi connectivity index (χ0v) is 18.2. The van der Waals surface area contributed by atoms with E-state index in [0.29, 0.717) is 29.1 Å². The minimum atomic E-state index is -0.192. The molecule has 3 aromatic rings. The van der Waals surface area contributed by atoms with E-state index in [9.17, 15) is 4.79 Å². The predicted molar refractivity (Wildman–Crippen MR) is 118 cm³/mol. The van der Waals surface area contributed by atoms with Crippen LogP contribution in [0.2, 0.25) is 0 Å². The van der Waals surface area contributed by atoms with E-state index in [4.69, 9.17) is 9.47 Å². The number of carbonyl (C=O) groups excluding carboxylic acids is 1. The second-order valence-corrected chi connectivity index (χ2v) is 7.64. The summed E-state index contributed by atoms with van der Waals surface area (Å²) in [5, 5.41) is 2.90. The van der Waals surface area contributed by atoms with Gasteiger partial charge in [-0.05, 0) is 74.5 Å². The van der Waals surface area contributed by atoms with Gasteiger partial charge in [0.25, 0.3) is 5.91 Å². The van der Waals surface area contributed by atoms with Crippen molar-refractivity contribution < 1.29 is 14.3 Å². The maximum atomic E-state index is 12.6. The summed E-state index contributed by atoms with van der Waals surface area (Å²) in [4.78, 5) is 17.1. The van der Waals surface area contributed by atoms with Crippen LogP contribution in [0.1, 0.15) is 28.7 Å². The second kappa shape index (κ2) is 9.67. The summed E-state index contributed by atoms with van der Waals surface area (Å²) in [6.07, 6.45) is 0.790. The Morgan fingerprint density at radius 3 is 2.24 bits per heavy atom. The molecule has 6 heteroatoms. The van der Waals surface area contributed by atoms with Crippen LogP contribution >= 0.6 is 15.9 Å². The Balaban J connectivity index is 1.63. The van der Waals surface area contributed by atoms with Crippen LogP contribution < -0.4 is 10.1 Å². The minimum absolute atomic E-state index is 0.0831. The van der Waals surface area contributed by atoms with Crippen molar-refractivity contribution in [2.75, 3.05) is 12.4 Å². The van der Waals surface area contributed by atoms with Crippen molar-refractivity contribution in [2.24, 2.45) is 0 Å². The van der Waals surface area contributed by atoms with Crippen LogP contribution in [0.3, 0.4) is 0 Å². The van der Waals surface area contributed by atoms with E-state index in [-0.39, 0.29) is 12.0 Å². The molecule has 0 saturated carbocycles. The molecule has 0 saturated heterocycles. The van der Waals surface area contributed by atoms with Gasteiger partial charge in [0.05, 0.1) is 17.4 Å². The summed E-state index contributed by atoms with van der Waals surface area (Å²) in [7, 11) is 1.68. The van der Waals surface area contributed by atoms with Gasteiger partial charge in [0.2, 0.25) is 0 Å². The van der Waals surface area contributed by atoms with Gasteiger partial charge < -0.3 is 14.8 Å². The first-order valence-corrected chi connectivity index (χ1v) is 10.1. The number of hydrogen-bond acceptors (Lipinski definition) is 4. The fraction of sp³-hybridized carbons (Fsp3) is 0.217. The van der Waals surface area contributed by atoms with Gasteiger partial charge in [-0.15, -0.1) is 0 Å². The van der Waals surface area contributed by atoms with E-state index in [1.165, 1.54) is 0 Å². The lowest BCUT2D eigenvalue weighted by molar-refractivity contribution is 0.102. The standard InChI is InChI=1S/C23H23BrN2O3/c1-15(28-3)14-19-8-13-22(16(2)25-19)23(27)26-18-6-11-21(12-7-18)29-20-9-4-17(24)5-10-20/h4-13,15H,14H2,1-3H3,(H,26,27). The van der Waals surface area contributed by atoms with E-state index in [0.717, 1.165) is 15.9 Å². The highest BCUT2D eigenvalue weighted by atomic mass is 79.9. The molecule has 0 radical (unpaired) electrons. The molecule has 1 heterocycles. The predicted octanol–water partition coefficient (Wildman–Crippen LogP) is 5.77. The van der Waals surface area contributed by atoms with Crippen LogP contribution in [0.15, 0.2) is 65.1 Å². The number of halogens is 1. The summed E-state index contributed by atoms with van der Waals surface area (Å²) in [6, 6.07) is 18.5. The van der Waals surface area contributed by atoms with Crippen LogP contribution in [0.4, 0.5) is 5.69 Å². The average molecular weight is 455 g/mol. The molecule has 1 N–H and O–H groups in total. The van der Waals surface area contributed by atoms with Crippen molar-refractivity contribution >= 4 is 27.5 Å². The molecule has 1 aromatic heterocycles. The highest BCUT2D eigenvalue weighted by molar-refractivity contribution is 9.10. The van der Waals surface area contributed by atoms with Crippen LogP contribution in [0.5, 0.6) is 11.5 Å². The molecule has 0 spiro atoms. The number of amides is 1. The van der Waals surface area contributed by atoms with E-state index >= 15 is 0 Å². The lowest BCUT2D eigenvalue weighted by atomic mass is 10.1. The highest BCUT2D eigenvalue weighted by Crippen LogP contribution is 2.24. The van der Waals surface area contributed by atoms with E-state index in [1.54, 1.807) is 13.2 Å². The molecule has 5 nitrogen and oxygen atoms in total. The number of aryl methyl sites for hydroxylation is 1. The topological polar surface area (TPSA) is 60.5 Å². The molecule has 0 fully saturated rings. The molecule has 0 aliphatic rings. The zero-order valence-electron chi connectivity index (χ0n) is 16.6. The Kier molecular flexibility index (Phi) is 7.01. The Morgan fingerprint density at radius 1 is 1.03 bits per heavy atom. The van der Waals surface area contributed by atoms with Crippen molar-refractivity contribution in [2.45, 2.75) is 26.4 Å². The van der Waals surface area contributed by atoms with E-state index < -0.39 is 0 Å². The Morgan fingerprint density at radius 2 is 1.66 bits per heavy atom. The van der Waals surface area contributed by atoms with Crippen molar-refractivity contribution in [1.29, 1.82) is 0 Å². The molecule has 3 rings (SSSR count). The van der Waals surface area contributed by atoms with Crippen molar-refractivity contribution in [3.63, 3.8) is 0 Å². The van der Waals surface area contributed by atoms with Gasteiger partial charge in [-0.25, -0.2) is 0 Å². The number of rotatable bonds is 7. The van der Waals surface area contributed by atoms with Crippen molar-refractivity contribution in [3.8, 4) is 11.5 Å². The van der Waals surface area contributed by atoms with Gasteiger partial charge in [-0.3, -0.25) is 9.78 Å². The number of anilines is 1. The summed E-state index contributed by atoms with van der Waals surface area (Å²) in [5.74, 6) is 1.25. The SMILES string of the molecule is COC(C)Cc1ccc(C(=O)Nc2ccc(Oc3ccc(Br)cc3)cc2)c(C)n1. The van der Waals surface area contributed by atoms with Gasteiger partial charge in [0.1, 0.15) is 11.5 Å². The van der Waals surface area contributed by atoms with Gasteiger partial charge in [-0.1, -0.05) is 15.9 Å². The number of nitrogens with zero attached hydrogens (tertiary/aromatic N) is 1. The number of hydrogen-bond donors (Lipinski definition) is 1. The third-order valence-corrected chi connectivity index (χ3v) is 4.98. The lowest BCUT2D eigenvalue weighted by Gasteiger charge is -2.12. The summed E-state index contributed by atoms with van der Waals surface area (Å²) >= 11 is 3.40. The molecule has 0 aliphatic carbocycles. The fourth-order valence-electron chi connectivity index (χ4n) is 2.79. The Bertz CT molecular complexity index is 972. The third kappa shape index (κ3) is 5.89. The number of aromatic nitrogens is 1. The highest BCUT2D eigenvalue weighted by Gasteiger charge is 2.12. The lowest BCUT2D eigenvalue weighted by Crippen LogP contribution is -2.16. The monoisotopic (exact) mass is 454 g/mol. The van der Waals surface area contributed by atoms with Crippen molar-refractivity contribution in [3.05, 3.63) is 82.1 Å². The maximum absolute atomic E-state index is 12.6. The summed E-state index contributed by atoms with van der Waals surface area (Å²) in [5.41, 5.74) is 2.84. The minimum Gasteiger partial charge on any atom is -0.457 e. The van der Waals surface area contributed by atoms with Gasteiger partial charge >= 0.3 is 0 Å². The number of nitrogens with one attached hydrogen (secondary N) is 1. The molecule has 150 valence electrons. The first-order valence-electron chi connectivity index (χ1n) is 9.29. The van der Waals surface area contributed by atoms with E-state index in [2.05, 4.69) is 26.2 Å². The Labute approximate surface area is 179 Å². The van der Waals surface area contributed by atoms with Crippen LogP contribution in [0, 0.1) is 6.92 Å². The molecule has 1 amide bonds. The summed E-state index contributed by atoms with van der Waals surface area (Å²) in [6.45, 7) is 3.83. The normalized spacial score (nSPS) is 11.7. The number of methoxy groups -OCH3 is 1. The van der Waals surface area contributed by atoms with Gasteiger partial charge in [-0.2, -0.15) is 0 Å². The van der Waals surface area contributed by atoms with Gasteiger partial charge in [0.15, 0.2) is 0 Å². The molecule has 29 heavy (non-hydrogen) atoms. The maximum Gasteiger partial charge on any atom is 0.257 e. The summed E-state index contributed by atoms with van der Waals surface area (Å²) < 4.78 is 12.1. The number of pyridine rings is 1. The van der Waals surface area contributed by atoms with E-state index in [1.807, 2.05) is 68.4 Å². The first-order chi connectivity index (χ1) is 13.9. The smallest absolute Gasteiger partial charge is 0.257 e. The molecular formula is C23H23BrN2O3. The van der Waals surface area contributed by atoms with Gasteiger partial charge in [0, 0.05) is 29.4 Å².